The van der Waals surface area contributed by atoms with Crippen molar-refractivity contribution in [1.82, 2.24) is 20.3 Å². The van der Waals surface area contributed by atoms with Gasteiger partial charge in [-0.25, -0.2) is 0 Å². The molecule has 0 saturated carbocycles. The molecule has 0 aromatic carbocycles. The summed E-state index contributed by atoms with van der Waals surface area (Å²) in [5.41, 5.74) is 0.338. The Morgan fingerprint density at radius 1 is 1.71 bits per heavy atom. The van der Waals surface area contributed by atoms with Gasteiger partial charge in [0.05, 0.1) is 6.20 Å². The van der Waals surface area contributed by atoms with E-state index in [1.807, 2.05) is 0 Å². The number of aromatic nitrogens is 3. The van der Waals surface area contributed by atoms with Crippen LogP contribution < -0.4 is 0 Å². The molecule has 1 aromatic rings. The van der Waals surface area contributed by atoms with Crippen molar-refractivity contribution in [3.8, 4) is 0 Å². The molecule has 0 atom stereocenters. The number of nitrogens with one attached hydrogen (secondary N) is 1. The van der Waals surface area contributed by atoms with Crippen LogP contribution in [0.3, 0.4) is 0 Å². The minimum absolute atomic E-state index is 0.130. The Balaban J connectivity index is 2.37. The lowest BCUT2D eigenvalue weighted by molar-refractivity contribution is 0.0773. The van der Waals surface area contributed by atoms with Crippen molar-refractivity contribution in [2.45, 2.75) is 6.42 Å². The second kappa shape index (κ2) is 5.33. The Bertz CT molecular complexity index is 273. The van der Waals surface area contributed by atoms with E-state index in [9.17, 15) is 4.79 Å². The van der Waals surface area contributed by atoms with Gasteiger partial charge in [-0.3, -0.25) is 4.79 Å². The van der Waals surface area contributed by atoms with Gasteiger partial charge in [0, 0.05) is 27.3 Å². The molecule has 0 fully saturated rings. The van der Waals surface area contributed by atoms with E-state index >= 15 is 0 Å². The van der Waals surface area contributed by atoms with Gasteiger partial charge < -0.3 is 9.64 Å². The molecule has 0 aliphatic carbocycles. The average Bonchev–Trinajstić information content (AvgIpc) is 2.69. The lowest BCUT2D eigenvalue weighted by atomic mass is 10.3. The Kier molecular flexibility index (Phi) is 4.06. The maximum Gasteiger partial charge on any atom is 0.275 e. The van der Waals surface area contributed by atoms with Crippen LogP contribution in [-0.4, -0.2) is 53.5 Å². The van der Waals surface area contributed by atoms with E-state index in [1.54, 1.807) is 19.1 Å². The first-order chi connectivity index (χ1) is 6.75. The zero-order valence-corrected chi connectivity index (χ0v) is 8.36. The number of aromatic amines is 1. The van der Waals surface area contributed by atoms with E-state index < -0.39 is 0 Å². The van der Waals surface area contributed by atoms with E-state index in [1.165, 1.54) is 6.20 Å². The highest BCUT2D eigenvalue weighted by Gasteiger charge is 2.13. The van der Waals surface area contributed by atoms with Gasteiger partial charge in [0.2, 0.25) is 0 Å². The predicted octanol–water partition coefficient (Wildman–Crippen LogP) is -0.0868. The average molecular weight is 198 g/mol. The minimum atomic E-state index is -0.130. The van der Waals surface area contributed by atoms with Gasteiger partial charge in [0.25, 0.3) is 5.91 Å². The van der Waals surface area contributed by atoms with Gasteiger partial charge in [-0.1, -0.05) is 0 Å². The SMILES string of the molecule is COCCCN(C)C(=O)c1cn[nH]n1. The molecular formula is C8H14N4O2. The summed E-state index contributed by atoms with van der Waals surface area (Å²) in [4.78, 5) is 13.2. The van der Waals surface area contributed by atoms with Crippen molar-refractivity contribution in [2.75, 3.05) is 27.3 Å². The molecular weight excluding hydrogens is 184 g/mol. The van der Waals surface area contributed by atoms with Crippen molar-refractivity contribution < 1.29 is 9.53 Å². The fraction of sp³-hybridized carbons (Fsp3) is 0.625. The van der Waals surface area contributed by atoms with Crippen LogP contribution in [-0.2, 0) is 4.74 Å². The molecule has 6 heteroatoms. The molecule has 1 rings (SSSR count). The Morgan fingerprint density at radius 3 is 3.07 bits per heavy atom. The lowest BCUT2D eigenvalue weighted by Crippen LogP contribution is -2.28. The normalized spacial score (nSPS) is 10.1. The molecule has 0 unspecified atom stereocenters. The van der Waals surface area contributed by atoms with Crippen LogP contribution >= 0.6 is 0 Å². The number of nitrogens with zero attached hydrogens (tertiary/aromatic N) is 3. The summed E-state index contributed by atoms with van der Waals surface area (Å²) in [6.45, 7) is 1.30. The molecule has 14 heavy (non-hydrogen) atoms. The molecule has 78 valence electrons. The fourth-order valence-electron chi connectivity index (χ4n) is 1.05. The number of amides is 1. The van der Waals surface area contributed by atoms with Gasteiger partial charge in [-0.2, -0.15) is 15.4 Å². The number of carbonyl (C=O) groups is 1. The number of ether oxygens (including phenoxy) is 1. The number of hydrogen-bond donors (Lipinski definition) is 1. The molecule has 1 amide bonds. The maximum atomic E-state index is 11.6. The summed E-state index contributed by atoms with van der Waals surface area (Å²) >= 11 is 0. The van der Waals surface area contributed by atoms with E-state index in [-0.39, 0.29) is 5.91 Å². The second-order valence-corrected chi connectivity index (χ2v) is 2.93. The highest BCUT2D eigenvalue weighted by atomic mass is 16.5. The van der Waals surface area contributed by atoms with Crippen molar-refractivity contribution in [1.29, 1.82) is 0 Å². The summed E-state index contributed by atoms with van der Waals surface area (Å²) in [5.74, 6) is -0.130. The third kappa shape index (κ3) is 2.81. The van der Waals surface area contributed by atoms with Gasteiger partial charge in [0.15, 0.2) is 5.69 Å². The first-order valence-electron chi connectivity index (χ1n) is 4.36. The summed E-state index contributed by atoms with van der Waals surface area (Å²) in [7, 11) is 3.37. The molecule has 0 saturated heterocycles. The summed E-state index contributed by atoms with van der Waals surface area (Å²) in [6, 6.07) is 0. The summed E-state index contributed by atoms with van der Waals surface area (Å²) in [6.07, 6.45) is 2.23. The third-order valence-electron chi connectivity index (χ3n) is 1.82. The standard InChI is InChI=1S/C8H14N4O2/c1-12(4-3-5-14-2)8(13)7-6-9-11-10-7/h6H,3-5H2,1-2H3,(H,9,10,11). The van der Waals surface area contributed by atoms with Crippen LogP contribution in [0.25, 0.3) is 0 Å². The van der Waals surface area contributed by atoms with Crippen molar-refractivity contribution in [3.63, 3.8) is 0 Å². The van der Waals surface area contributed by atoms with E-state index in [4.69, 9.17) is 4.74 Å². The first-order valence-corrected chi connectivity index (χ1v) is 4.36. The number of rotatable bonds is 5. The minimum Gasteiger partial charge on any atom is -0.385 e. The first kappa shape index (κ1) is 10.6. The number of H-pyrrole nitrogens is 1. The lowest BCUT2D eigenvalue weighted by Gasteiger charge is -2.14. The van der Waals surface area contributed by atoms with Gasteiger partial charge in [-0.15, -0.1) is 0 Å². The third-order valence-corrected chi connectivity index (χ3v) is 1.82. The van der Waals surface area contributed by atoms with Crippen LogP contribution in [0.1, 0.15) is 16.9 Å². The number of methoxy groups -OCH3 is 1. The molecule has 6 nitrogen and oxygen atoms in total. The van der Waals surface area contributed by atoms with Gasteiger partial charge in [-0.05, 0) is 6.42 Å². The Hall–Kier alpha value is -1.43. The predicted molar refractivity (Wildman–Crippen MR) is 49.8 cm³/mol. The number of carbonyl (C=O) groups excluding carboxylic acids is 1. The van der Waals surface area contributed by atoms with Crippen molar-refractivity contribution in [3.05, 3.63) is 11.9 Å². The molecule has 0 spiro atoms. The van der Waals surface area contributed by atoms with E-state index in [2.05, 4.69) is 15.4 Å². The summed E-state index contributed by atoms with van der Waals surface area (Å²) < 4.78 is 4.89. The van der Waals surface area contributed by atoms with E-state index in [0.717, 1.165) is 6.42 Å². The second-order valence-electron chi connectivity index (χ2n) is 2.93. The van der Waals surface area contributed by atoms with Crippen molar-refractivity contribution in [2.24, 2.45) is 0 Å². The molecule has 1 heterocycles. The maximum absolute atomic E-state index is 11.6. The fourth-order valence-corrected chi connectivity index (χ4v) is 1.05. The van der Waals surface area contributed by atoms with E-state index in [0.29, 0.717) is 18.8 Å². The molecule has 0 radical (unpaired) electrons. The number of hydrogen-bond acceptors (Lipinski definition) is 4. The largest absolute Gasteiger partial charge is 0.385 e. The van der Waals surface area contributed by atoms with Crippen LogP contribution in [0.2, 0.25) is 0 Å². The highest BCUT2D eigenvalue weighted by molar-refractivity contribution is 5.91. The topological polar surface area (TPSA) is 71.1 Å². The van der Waals surface area contributed by atoms with Crippen LogP contribution in [0.5, 0.6) is 0 Å². The Labute approximate surface area is 82.2 Å². The zero-order valence-electron chi connectivity index (χ0n) is 8.36. The summed E-state index contributed by atoms with van der Waals surface area (Å²) in [5, 5.41) is 9.68. The van der Waals surface area contributed by atoms with Crippen LogP contribution in [0.4, 0.5) is 0 Å². The van der Waals surface area contributed by atoms with Crippen LogP contribution in [0.15, 0.2) is 6.20 Å². The molecule has 0 aliphatic heterocycles. The monoisotopic (exact) mass is 198 g/mol. The van der Waals surface area contributed by atoms with Crippen LogP contribution in [0, 0.1) is 0 Å². The molecule has 1 aromatic heterocycles. The zero-order chi connectivity index (χ0) is 10.4. The van der Waals surface area contributed by atoms with Gasteiger partial charge in [0.1, 0.15) is 0 Å². The van der Waals surface area contributed by atoms with Gasteiger partial charge >= 0.3 is 0 Å². The smallest absolute Gasteiger partial charge is 0.275 e. The highest BCUT2D eigenvalue weighted by Crippen LogP contribution is 1.97. The van der Waals surface area contributed by atoms with Crippen molar-refractivity contribution >= 4 is 5.91 Å². The Morgan fingerprint density at radius 2 is 2.50 bits per heavy atom. The molecule has 1 N–H and O–H groups in total. The molecule has 0 bridgehead atoms. The quantitative estimate of drug-likeness (QED) is 0.671. The molecule has 0 aliphatic rings.